The molecule has 1 aliphatic rings. The van der Waals surface area contributed by atoms with Gasteiger partial charge in [0.15, 0.2) is 0 Å². The Hall–Kier alpha value is -1.96. The van der Waals surface area contributed by atoms with Crippen LogP contribution in [0.2, 0.25) is 0 Å². The SMILES string of the molecule is O=C(O)CO[C@@H]1COCC[C@H]1NC(=O)c1ccc(CO)cc1. The number of carboxylic acids is 1. The summed E-state index contributed by atoms with van der Waals surface area (Å²) in [5.41, 5.74) is 1.20. The molecule has 120 valence electrons. The highest BCUT2D eigenvalue weighted by atomic mass is 16.5. The van der Waals surface area contributed by atoms with Crippen molar-refractivity contribution >= 4 is 11.9 Å². The van der Waals surface area contributed by atoms with E-state index in [0.29, 0.717) is 18.6 Å². The molecular formula is C15H19NO6. The Labute approximate surface area is 127 Å². The number of rotatable bonds is 6. The summed E-state index contributed by atoms with van der Waals surface area (Å²) in [6, 6.07) is 6.33. The van der Waals surface area contributed by atoms with Gasteiger partial charge in [-0.2, -0.15) is 0 Å². The van der Waals surface area contributed by atoms with Crippen LogP contribution in [-0.4, -0.2) is 54.1 Å². The van der Waals surface area contributed by atoms with Crippen molar-refractivity contribution in [2.45, 2.75) is 25.2 Å². The molecule has 1 fully saturated rings. The molecule has 2 atom stereocenters. The van der Waals surface area contributed by atoms with E-state index in [1.807, 2.05) is 0 Å². The number of ether oxygens (including phenoxy) is 2. The number of aliphatic hydroxyl groups excluding tert-OH is 1. The van der Waals surface area contributed by atoms with Gasteiger partial charge in [0.25, 0.3) is 5.91 Å². The zero-order valence-corrected chi connectivity index (χ0v) is 12.0. The van der Waals surface area contributed by atoms with Crippen LogP contribution in [0.5, 0.6) is 0 Å². The number of nitrogens with one attached hydrogen (secondary N) is 1. The van der Waals surface area contributed by atoms with Gasteiger partial charge in [-0.15, -0.1) is 0 Å². The number of aliphatic carboxylic acids is 1. The molecule has 22 heavy (non-hydrogen) atoms. The summed E-state index contributed by atoms with van der Waals surface area (Å²) in [6.07, 6.45) is 0.0793. The third-order valence-electron chi connectivity index (χ3n) is 3.44. The first kappa shape index (κ1) is 16.4. The van der Waals surface area contributed by atoms with E-state index in [2.05, 4.69) is 5.32 Å². The number of carbonyl (C=O) groups is 2. The van der Waals surface area contributed by atoms with Crippen LogP contribution in [0.25, 0.3) is 0 Å². The number of hydrogen-bond acceptors (Lipinski definition) is 5. The first-order chi connectivity index (χ1) is 10.6. The lowest BCUT2D eigenvalue weighted by atomic mass is 10.0. The standard InChI is InChI=1S/C15H19NO6/c17-7-10-1-3-11(4-2-10)15(20)16-12-5-6-21-8-13(12)22-9-14(18)19/h1-4,12-13,17H,5-9H2,(H,16,20)(H,18,19)/t12-,13-/m1/s1. The Balaban J connectivity index is 1.96. The van der Waals surface area contributed by atoms with Crippen LogP contribution in [0.1, 0.15) is 22.3 Å². The molecule has 1 aromatic carbocycles. The Morgan fingerprint density at radius 2 is 2.05 bits per heavy atom. The molecular weight excluding hydrogens is 290 g/mol. The van der Waals surface area contributed by atoms with E-state index in [9.17, 15) is 9.59 Å². The molecule has 1 amide bonds. The summed E-state index contributed by atoms with van der Waals surface area (Å²) < 4.78 is 10.5. The molecule has 1 heterocycles. The maximum atomic E-state index is 12.2. The van der Waals surface area contributed by atoms with Crippen molar-refractivity contribution in [1.82, 2.24) is 5.32 Å². The highest BCUT2D eigenvalue weighted by molar-refractivity contribution is 5.94. The molecule has 1 saturated heterocycles. The van der Waals surface area contributed by atoms with Crippen molar-refractivity contribution in [2.24, 2.45) is 0 Å². The van der Waals surface area contributed by atoms with Crippen LogP contribution in [0.15, 0.2) is 24.3 Å². The fourth-order valence-corrected chi connectivity index (χ4v) is 2.23. The largest absolute Gasteiger partial charge is 0.480 e. The molecule has 3 N–H and O–H groups in total. The molecule has 2 rings (SSSR count). The maximum absolute atomic E-state index is 12.2. The highest BCUT2D eigenvalue weighted by Gasteiger charge is 2.28. The van der Waals surface area contributed by atoms with E-state index >= 15 is 0 Å². The molecule has 0 radical (unpaired) electrons. The number of carboxylic acid groups (broad SMARTS) is 1. The van der Waals surface area contributed by atoms with Gasteiger partial charge in [-0.05, 0) is 24.1 Å². The molecule has 0 aromatic heterocycles. The normalized spacial score (nSPS) is 21.3. The Kier molecular flexibility index (Phi) is 5.88. The fourth-order valence-electron chi connectivity index (χ4n) is 2.23. The summed E-state index contributed by atoms with van der Waals surface area (Å²) in [7, 11) is 0. The lowest BCUT2D eigenvalue weighted by Gasteiger charge is -2.31. The van der Waals surface area contributed by atoms with Crippen LogP contribution >= 0.6 is 0 Å². The molecule has 7 heteroatoms. The smallest absolute Gasteiger partial charge is 0.329 e. The van der Waals surface area contributed by atoms with Crippen molar-refractivity contribution in [2.75, 3.05) is 19.8 Å². The fraction of sp³-hybridized carbons (Fsp3) is 0.467. The van der Waals surface area contributed by atoms with Gasteiger partial charge in [-0.25, -0.2) is 4.79 Å². The minimum absolute atomic E-state index is 0.0764. The average molecular weight is 309 g/mol. The second-order valence-corrected chi connectivity index (χ2v) is 5.04. The van der Waals surface area contributed by atoms with E-state index in [1.165, 1.54) is 0 Å². The summed E-state index contributed by atoms with van der Waals surface area (Å²) in [6.45, 7) is 0.238. The van der Waals surface area contributed by atoms with Crippen LogP contribution in [-0.2, 0) is 20.9 Å². The highest BCUT2D eigenvalue weighted by Crippen LogP contribution is 2.13. The summed E-state index contributed by atoms with van der Waals surface area (Å²) in [5.74, 6) is -1.32. The summed E-state index contributed by atoms with van der Waals surface area (Å²) >= 11 is 0. The predicted molar refractivity (Wildman–Crippen MR) is 76.4 cm³/mol. The zero-order chi connectivity index (χ0) is 15.9. The van der Waals surface area contributed by atoms with Crippen molar-refractivity contribution < 1.29 is 29.3 Å². The van der Waals surface area contributed by atoms with Crippen molar-refractivity contribution in [3.05, 3.63) is 35.4 Å². The third kappa shape index (κ3) is 4.52. The Morgan fingerprint density at radius 1 is 1.32 bits per heavy atom. The molecule has 1 aliphatic heterocycles. The van der Waals surface area contributed by atoms with E-state index in [0.717, 1.165) is 5.56 Å². The molecule has 0 spiro atoms. The van der Waals surface area contributed by atoms with Gasteiger partial charge in [0, 0.05) is 12.2 Å². The van der Waals surface area contributed by atoms with Gasteiger partial charge in [-0.3, -0.25) is 4.79 Å². The lowest BCUT2D eigenvalue weighted by molar-refractivity contribution is -0.148. The minimum atomic E-state index is -1.06. The first-order valence-corrected chi connectivity index (χ1v) is 7.02. The first-order valence-electron chi connectivity index (χ1n) is 7.02. The molecule has 0 aliphatic carbocycles. The average Bonchev–Trinajstić information content (AvgIpc) is 2.54. The monoisotopic (exact) mass is 309 g/mol. The van der Waals surface area contributed by atoms with Crippen LogP contribution in [0.4, 0.5) is 0 Å². The predicted octanol–water partition coefficient (Wildman–Crippen LogP) is 0.167. The third-order valence-corrected chi connectivity index (χ3v) is 3.44. The minimum Gasteiger partial charge on any atom is -0.480 e. The zero-order valence-electron chi connectivity index (χ0n) is 12.0. The topological polar surface area (TPSA) is 105 Å². The van der Waals surface area contributed by atoms with E-state index in [-0.39, 0.29) is 25.2 Å². The van der Waals surface area contributed by atoms with Gasteiger partial charge >= 0.3 is 5.97 Å². The molecule has 7 nitrogen and oxygen atoms in total. The number of benzene rings is 1. The van der Waals surface area contributed by atoms with Crippen molar-refractivity contribution in [3.63, 3.8) is 0 Å². The van der Waals surface area contributed by atoms with Crippen LogP contribution in [0, 0.1) is 0 Å². The maximum Gasteiger partial charge on any atom is 0.329 e. The van der Waals surface area contributed by atoms with Gasteiger partial charge in [0.05, 0.1) is 19.3 Å². The summed E-state index contributed by atoms with van der Waals surface area (Å²) in [4.78, 5) is 22.8. The van der Waals surface area contributed by atoms with Crippen molar-refractivity contribution in [1.29, 1.82) is 0 Å². The van der Waals surface area contributed by atoms with E-state index in [4.69, 9.17) is 19.7 Å². The van der Waals surface area contributed by atoms with Gasteiger partial charge in [-0.1, -0.05) is 12.1 Å². The summed E-state index contributed by atoms with van der Waals surface area (Å²) in [5, 5.41) is 20.5. The van der Waals surface area contributed by atoms with Gasteiger partial charge < -0.3 is 25.0 Å². The van der Waals surface area contributed by atoms with Crippen LogP contribution < -0.4 is 5.32 Å². The molecule has 0 bridgehead atoms. The number of carbonyl (C=O) groups excluding carboxylic acids is 1. The second kappa shape index (κ2) is 7.88. The van der Waals surface area contributed by atoms with Gasteiger partial charge in [0.1, 0.15) is 12.7 Å². The number of hydrogen-bond donors (Lipinski definition) is 3. The molecule has 1 aromatic rings. The van der Waals surface area contributed by atoms with Gasteiger partial charge in [0.2, 0.25) is 0 Å². The number of amides is 1. The van der Waals surface area contributed by atoms with Crippen molar-refractivity contribution in [3.8, 4) is 0 Å². The number of aliphatic hydroxyl groups is 1. The second-order valence-electron chi connectivity index (χ2n) is 5.04. The quantitative estimate of drug-likeness (QED) is 0.692. The van der Waals surface area contributed by atoms with E-state index < -0.39 is 18.7 Å². The molecule has 0 saturated carbocycles. The Morgan fingerprint density at radius 3 is 2.68 bits per heavy atom. The lowest BCUT2D eigenvalue weighted by Crippen LogP contribution is -2.50. The van der Waals surface area contributed by atoms with E-state index in [1.54, 1.807) is 24.3 Å². The molecule has 0 unspecified atom stereocenters. The Bertz CT molecular complexity index is 515. The van der Waals surface area contributed by atoms with Crippen LogP contribution in [0.3, 0.4) is 0 Å².